The number of carbonyl (C=O) groups excluding carboxylic acids is 2. The number of rotatable bonds is 7. The smallest absolute Gasteiger partial charge is 0.331 e. The average Bonchev–Trinajstić information content (AvgIpc) is 3.06. The number of halogens is 1. The molecule has 0 spiro atoms. The van der Waals surface area contributed by atoms with Crippen molar-refractivity contribution < 1.29 is 23.8 Å². The van der Waals surface area contributed by atoms with Gasteiger partial charge in [-0.2, -0.15) is 0 Å². The third-order valence-electron chi connectivity index (χ3n) is 4.85. The summed E-state index contributed by atoms with van der Waals surface area (Å²) in [5.41, 5.74) is 0.0281. The van der Waals surface area contributed by atoms with E-state index in [1.165, 1.54) is 14.2 Å². The van der Waals surface area contributed by atoms with E-state index in [0.29, 0.717) is 41.3 Å². The fraction of sp³-hybridized carbons (Fsp3) is 0.500. The molecule has 146 valence electrons. The van der Waals surface area contributed by atoms with Gasteiger partial charge in [0.25, 0.3) is 0 Å². The van der Waals surface area contributed by atoms with Crippen LogP contribution in [0.5, 0.6) is 5.75 Å². The first-order valence-corrected chi connectivity index (χ1v) is 8.98. The number of ether oxygens (including phenoxy) is 3. The second kappa shape index (κ2) is 9.12. The van der Waals surface area contributed by atoms with E-state index in [0.717, 1.165) is 6.42 Å². The van der Waals surface area contributed by atoms with Crippen LogP contribution in [0.4, 0.5) is 0 Å². The molecule has 1 aromatic rings. The van der Waals surface area contributed by atoms with Gasteiger partial charge in [-0.3, -0.25) is 4.79 Å². The van der Waals surface area contributed by atoms with Gasteiger partial charge in [-0.1, -0.05) is 17.5 Å². The van der Waals surface area contributed by atoms with Gasteiger partial charge in [0, 0.05) is 29.9 Å². The van der Waals surface area contributed by atoms with E-state index in [1.807, 2.05) is 0 Å². The van der Waals surface area contributed by atoms with Gasteiger partial charge in [0.15, 0.2) is 0 Å². The number of carbonyl (C=O) groups is 2. The highest BCUT2D eigenvalue weighted by atomic mass is 35.5. The van der Waals surface area contributed by atoms with E-state index in [-0.39, 0.29) is 18.2 Å². The minimum absolute atomic E-state index is 0.0411. The third-order valence-corrected chi connectivity index (χ3v) is 5.19. The van der Waals surface area contributed by atoms with Crippen LogP contribution in [0, 0.1) is 18.3 Å². The van der Waals surface area contributed by atoms with Gasteiger partial charge in [-0.15, -0.1) is 6.42 Å². The molecule has 1 amide bonds. The highest BCUT2D eigenvalue weighted by Crippen LogP contribution is 2.36. The number of terminal acetylenes is 1. The molecule has 2 atom stereocenters. The van der Waals surface area contributed by atoms with E-state index in [4.69, 9.17) is 32.2 Å². The van der Waals surface area contributed by atoms with Crippen LogP contribution in [-0.4, -0.2) is 45.4 Å². The van der Waals surface area contributed by atoms with Crippen molar-refractivity contribution in [2.24, 2.45) is 5.92 Å². The Kier molecular flexibility index (Phi) is 7.11. The second-order valence-electron chi connectivity index (χ2n) is 6.65. The van der Waals surface area contributed by atoms with Crippen molar-refractivity contribution in [3.8, 4) is 18.1 Å². The van der Waals surface area contributed by atoms with E-state index >= 15 is 0 Å². The number of hydrogen-bond acceptors (Lipinski definition) is 5. The molecule has 1 N–H and O–H groups in total. The molecule has 0 aliphatic heterocycles. The number of nitrogens with one attached hydrogen (secondary N) is 1. The van der Waals surface area contributed by atoms with Gasteiger partial charge in [0.2, 0.25) is 5.91 Å². The van der Waals surface area contributed by atoms with Crippen LogP contribution in [0.2, 0.25) is 5.02 Å². The predicted molar refractivity (Wildman–Crippen MR) is 102 cm³/mol. The Morgan fingerprint density at radius 3 is 2.70 bits per heavy atom. The van der Waals surface area contributed by atoms with E-state index in [2.05, 4.69) is 11.2 Å². The van der Waals surface area contributed by atoms with Crippen LogP contribution >= 0.6 is 11.6 Å². The molecule has 0 bridgehead atoms. The summed E-state index contributed by atoms with van der Waals surface area (Å²) in [5, 5.41) is 3.20. The highest BCUT2D eigenvalue weighted by molar-refractivity contribution is 6.32. The first-order chi connectivity index (χ1) is 12.9. The summed E-state index contributed by atoms with van der Waals surface area (Å²) in [6, 6.07) is 3.25. The average molecular weight is 394 g/mol. The molecule has 27 heavy (non-hydrogen) atoms. The lowest BCUT2D eigenvalue weighted by Gasteiger charge is -2.28. The SMILES string of the molecule is C#Cc1cc(Cl)c(CC(=O)NC2(C(=O)OC)CCC(COC)C2)c(OC)c1. The number of benzene rings is 1. The van der Waals surface area contributed by atoms with Crippen LogP contribution < -0.4 is 10.1 Å². The van der Waals surface area contributed by atoms with Gasteiger partial charge < -0.3 is 19.5 Å². The van der Waals surface area contributed by atoms with Crippen molar-refractivity contribution in [3.63, 3.8) is 0 Å². The Bertz CT molecular complexity index is 757. The lowest BCUT2D eigenvalue weighted by Crippen LogP contribution is -2.54. The maximum absolute atomic E-state index is 12.7. The van der Waals surface area contributed by atoms with E-state index in [9.17, 15) is 9.59 Å². The maximum Gasteiger partial charge on any atom is 0.331 e. The van der Waals surface area contributed by atoms with Gasteiger partial charge >= 0.3 is 5.97 Å². The molecule has 1 fully saturated rings. The van der Waals surface area contributed by atoms with Gasteiger partial charge in [0.1, 0.15) is 11.3 Å². The Morgan fingerprint density at radius 1 is 1.37 bits per heavy atom. The molecule has 2 unspecified atom stereocenters. The summed E-state index contributed by atoms with van der Waals surface area (Å²) in [7, 11) is 4.42. The Balaban J connectivity index is 2.20. The normalized spacial score (nSPS) is 21.4. The standard InChI is InChI=1S/C20H24ClNO5/c1-5-13-8-16(21)15(17(9-13)26-3)10-18(23)22-20(19(24)27-4)7-6-14(11-20)12-25-2/h1,8-9,14H,6-7,10-12H2,2-4H3,(H,22,23). The molecular formula is C20H24ClNO5. The quantitative estimate of drug-likeness (QED) is 0.568. The molecule has 0 saturated heterocycles. The largest absolute Gasteiger partial charge is 0.496 e. The van der Waals surface area contributed by atoms with Crippen molar-refractivity contribution in [1.29, 1.82) is 0 Å². The minimum atomic E-state index is -1.05. The van der Waals surface area contributed by atoms with E-state index < -0.39 is 11.5 Å². The summed E-state index contributed by atoms with van der Waals surface area (Å²) >= 11 is 6.28. The van der Waals surface area contributed by atoms with Crippen molar-refractivity contribution in [2.75, 3.05) is 27.9 Å². The lowest BCUT2D eigenvalue weighted by atomic mass is 9.95. The molecule has 2 rings (SSSR count). The summed E-state index contributed by atoms with van der Waals surface area (Å²) in [5.74, 6) is 2.31. The summed E-state index contributed by atoms with van der Waals surface area (Å²) in [6.45, 7) is 0.530. The fourth-order valence-corrected chi connectivity index (χ4v) is 3.87. The van der Waals surface area contributed by atoms with Crippen LogP contribution in [0.1, 0.15) is 30.4 Å². The topological polar surface area (TPSA) is 73.9 Å². The zero-order chi connectivity index (χ0) is 20.0. The second-order valence-corrected chi connectivity index (χ2v) is 7.05. The summed E-state index contributed by atoms with van der Waals surface area (Å²) in [4.78, 5) is 25.1. The molecular weight excluding hydrogens is 370 g/mol. The van der Waals surface area contributed by atoms with Gasteiger partial charge in [-0.25, -0.2) is 4.79 Å². The third kappa shape index (κ3) is 4.74. The molecule has 1 aliphatic carbocycles. The molecule has 0 heterocycles. The van der Waals surface area contributed by atoms with E-state index in [1.54, 1.807) is 19.2 Å². The molecule has 7 heteroatoms. The van der Waals surface area contributed by atoms with Gasteiger partial charge in [0.05, 0.1) is 20.6 Å². The van der Waals surface area contributed by atoms with Crippen molar-refractivity contribution in [2.45, 2.75) is 31.2 Å². The Hall–Kier alpha value is -2.23. The molecule has 0 aromatic heterocycles. The summed E-state index contributed by atoms with van der Waals surface area (Å²) in [6.07, 6.45) is 7.10. The molecule has 1 aromatic carbocycles. The summed E-state index contributed by atoms with van der Waals surface area (Å²) < 4.78 is 15.4. The van der Waals surface area contributed by atoms with Crippen LogP contribution in [0.25, 0.3) is 0 Å². The number of hydrogen-bond donors (Lipinski definition) is 1. The number of esters is 1. The zero-order valence-electron chi connectivity index (χ0n) is 15.8. The maximum atomic E-state index is 12.7. The molecule has 1 saturated carbocycles. The first kappa shape index (κ1) is 21.1. The molecule has 0 radical (unpaired) electrons. The predicted octanol–water partition coefficient (Wildman–Crippen LogP) is 2.35. The van der Waals surface area contributed by atoms with Crippen molar-refractivity contribution in [1.82, 2.24) is 5.32 Å². The Labute approximate surface area is 164 Å². The lowest BCUT2D eigenvalue weighted by molar-refractivity contribution is -0.150. The monoisotopic (exact) mass is 393 g/mol. The van der Waals surface area contributed by atoms with Crippen molar-refractivity contribution >= 4 is 23.5 Å². The Morgan fingerprint density at radius 2 is 2.11 bits per heavy atom. The van der Waals surface area contributed by atoms with Crippen LogP contribution in [-0.2, 0) is 25.5 Å². The number of methoxy groups -OCH3 is 3. The molecule has 6 nitrogen and oxygen atoms in total. The molecule has 1 aliphatic rings. The highest BCUT2D eigenvalue weighted by Gasteiger charge is 2.47. The van der Waals surface area contributed by atoms with Crippen molar-refractivity contribution in [3.05, 3.63) is 28.3 Å². The van der Waals surface area contributed by atoms with Crippen LogP contribution in [0.15, 0.2) is 12.1 Å². The number of amides is 1. The zero-order valence-corrected chi connectivity index (χ0v) is 16.5. The minimum Gasteiger partial charge on any atom is -0.496 e. The van der Waals surface area contributed by atoms with Crippen LogP contribution in [0.3, 0.4) is 0 Å². The first-order valence-electron chi connectivity index (χ1n) is 8.60. The fourth-order valence-electron chi connectivity index (χ4n) is 3.59. The van der Waals surface area contributed by atoms with Gasteiger partial charge in [-0.05, 0) is 37.3 Å².